The van der Waals surface area contributed by atoms with Crippen molar-refractivity contribution >= 4 is 64.6 Å². The first kappa shape index (κ1) is 32.5. The summed E-state index contributed by atoms with van der Waals surface area (Å²) in [7, 11) is 0. The van der Waals surface area contributed by atoms with Gasteiger partial charge in [-0.3, -0.25) is 0 Å². The second-order valence-corrected chi connectivity index (χ2v) is 15.1. The lowest BCUT2D eigenvalue weighted by Gasteiger charge is -2.17. The van der Waals surface area contributed by atoms with E-state index in [1.807, 2.05) is 12.1 Å². The van der Waals surface area contributed by atoms with Gasteiger partial charge in [0.2, 0.25) is 0 Å². The van der Waals surface area contributed by atoms with Crippen molar-refractivity contribution in [2.45, 2.75) is 0 Å². The third-order valence-electron chi connectivity index (χ3n) is 11.8. The Labute approximate surface area is 334 Å². The quantitative estimate of drug-likeness (QED) is 0.165. The zero-order valence-corrected chi connectivity index (χ0v) is 31.4. The van der Waals surface area contributed by atoms with Gasteiger partial charge in [-0.1, -0.05) is 188 Å². The smallest absolute Gasteiger partial charge is 0.164 e. The molecule has 0 bridgehead atoms. The molecule has 0 atom stereocenters. The van der Waals surface area contributed by atoms with Gasteiger partial charge in [0.15, 0.2) is 17.5 Å². The second-order valence-electron chi connectivity index (χ2n) is 15.1. The van der Waals surface area contributed by atoms with Crippen molar-refractivity contribution in [3.05, 3.63) is 200 Å². The van der Waals surface area contributed by atoms with Crippen molar-refractivity contribution in [2.75, 3.05) is 0 Å². The van der Waals surface area contributed by atoms with E-state index < -0.39 is 0 Å². The molecule has 1 heterocycles. The van der Waals surface area contributed by atoms with Crippen LogP contribution in [0.25, 0.3) is 121 Å². The van der Waals surface area contributed by atoms with Crippen LogP contribution in [0.1, 0.15) is 0 Å². The third kappa shape index (κ3) is 5.11. The van der Waals surface area contributed by atoms with Crippen molar-refractivity contribution in [1.29, 1.82) is 0 Å². The van der Waals surface area contributed by atoms with E-state index in [0.29, 0.717) is 17.5 Å². The van der Waals surface area contributed by atoms with Crippen LogP contribution in [0, 0.1) is 0 Å². The summed E-state index contributed by atoms with van der Waals surface area (Å²) in [6.45, 7) is 0. The molecule has 12 rings (SSSR count). The zero-order valence-electron chi connectivity index (χ0n) is 31.4. The summed E-state index contributed by atoms with van der Waals surface area (Å²) in [4.78, 5) is 15.9. The molecule has 0 saturated heterocycles. The Morgan fingerprint density at radius 2 is 0.655 bits per heavy atom. The number of benzene rings is 10. The summed E-state index contributed by atoms with van der Waals surface area (Å²) in [5, 5.41) is 14.8. The van der Waals surface area contributed by atoms with Crippen molar-refractivity contribution < 1.29 is 0 Å². The highest BCUT2D eigenvalue weighted by Crippen LogP contribution is 2.44. The van der Waals surface area contributed by atoms with Crippen LogP contribution in [0.15, 0.2) is 200 Å². The summed E-state index contributed by atoms with van der Waals surface area (Å²) in [5.41, 5.74) is 7.33. The first-order valence-electron chi connectivity index (χ1n) is 19.8. The summed E-state index contributed by atoms with van der Waals surface area (Å²) in [6, 6.07) is 71.7. The fraction of sp³-hybridized carbons (Fsp3) is 0. The molecule has 0 saturated carbocycles. The molecule has 0 aliphatic rings. The first-order chi connectivity index (χ1) is 28.7. The third-order valence-corrected chi connectivity index (χ3v) is 11.8. The van der Waals surface area contributed by atoms with Crippen molar-refractivity contribution in [1.82, 2.24) is 15.0 Å². The predicted octanol–water partition coefficient (Wildman–Crippen LogP) is 14.6. The molecule has 0 amide bonds. The average molecular weight is 736 g/mol. The molecule has 0 N–H and O–H groups in total. The maximum absolute atomic E-state index is 5.35. The van der Waals surface area contributed by atoms with Gasteiger partial charge in [-0.25, -0.2) is 15.0 Å². The van der Waals surface area contributed by atoms with Crippen LogP contribution in [0.2, 0.25) is 0 Å². The zero-order chi connectivity index (χ0) is 38.2. The average Bonchev–Trinajstić information content (AvgIpc) is 3.30. The van der Waals surface area contributed by atoms with Gasteiger partial charge in [0.1, 0.15) is 0 Å². The fourth-order valence-electron chi connectivity index (χ4n) is 9.16. The minimum Gasteiger partial charge on any atom is -0.208 e. The SMILES string of the molecule is c1ccc(-c2ccc(-c3nc(-c4cc5ccc6cccc7c8cccc9ccc%10cccc(c(c4)c5c67)c%10c98)nc(-c4ccccc4-c4ccccc4)n3)cc2)cc1. The molecule has 0 fully saturated rings. The Morgan fingerprint density at radius 3 is 1.26 bits per heavy atom. The highest BCUT2D eigenvalue weighted by atomic mass is 15.0. The van der Waals surface area contributed by atoms with E-state index in [4.69, 9.17) is 15.0 Å². The summed E-state index contributed by atoms with van der Waals surface area (Å²) < 4.78 is 0. The molecule has 11 aromatic carbocycles. The highest BCUT2D eigenvalue weighted by molar-refractivity contribution is 6.37. The minimum atomic E-state index is 0.631. The molecule has 0 unspecified atom stereocenters. The van der Waals surface area contributed by atoms with Gasteiger partial charge in [-0.05, 0) is 99.0 Å². The Kier molecular flexibility index (Phi) is 7.23. The molecule has 3 heteroatoms. The number of hydrogen-bond donors (Lipinski definition) is 0. The summed E-state index contributed by atoms with van der Waals surface area (Å²) in [6.07, 6.45) is 0. The fourth-order valence-corrected chi connectivity index (χ4v) is 9.16. The highest BCUT2D eigenvalue weighted by Gasteiger charge is 2.20. The van der Waals surface area contributed by atoms with Crippen LogP contribution in [-0.4, -0.2) is 15.0 Å². The number of rotatable bonds is 5. The lowest BCUT2D eigenvalue weighted by Crippen LogP contribution is -2.01. The van der Waals surface area contributed by atoms with Crippen LogP contribution >= 0.6 is 0 Å². The van der Waals surface area contributed by atoms with Crippen molar-refractivity contribution in [3.63, 3.8) is 0 Å². The molecule has 0 radical (unpaired) electrons. The molecule has 0 aliphatic heterocycles. The van der Waals surface area contributed by atoms with Crippen LogP contribution < -0.4 is 0 Å². The lowest BCUT2D eigenvalue weighted by molar-refractivity contribution is 1.08. The van der Waals surface area contributed by atoms with E-state index in [-0.39, 0.29) is 0 Å². The maximum Gasteiger partial charge on any atom is 0.164 e. The molecule has 58 heavy (non-hydrogen) atoms. The Bertz CT molecular complexity index is 3530. The summed E-state index contributed by atoms with van der Waals surface area (Å²) >= 11 is 0. The van der Waals surface area contributed by atoms with E-state index in [0.717, 1.165) is 38.8 Å². The second kappa shape index (κ2) is 12.9. The monoisotopic (exact) mass is 735 g/mol. The lowest BCUT2D eigenvalue weighted by atomic mass is 9.87. The Morgan fingerprint density at radius 1 is 0.224 bits per heavy atom. The van der Waals surface area contributed by atoms with E-state index in [9.17, 15) is 0 Å². The molecule has 1 aromatic heterocycles. The van der Waals surface area contributed by atoms with Gasteiger partial charge in [0, 0.05) is 16.7 Å². The number of aromatic nitrogens is 3. The van der Waals surface area contributed by atoms with Crippen LogP contribution in [0.3, 0.4) is 0 Å². The van der Waals surface area contributed by atoms with E-state index in [1.165, 1.54) is 64.8 Å². The van der Waals surface area contributed by atoms with E-state index in [2.05, 4.69) is 188 Å². The van der Waals surface area contributed by atoms with Gasteiger partial charge in [-0.2, -0.15) is 0 Å². The number of nitrogens with zero attached hydrogens (tertiary/aromatic N) is 3. The molecule has 12 aromatic rings. The molecular weight excluding hydrogens is 703 g/mol. The maximum atomic E-state index is 5.35. The largest absolute Gasteiger partial charge is 0.208 e. The molecule has 3 nitrogen and oxygen atoms in total. The topological polar surface area (TPSA) is 38.7 Å². The predicted molar refractivity (Wildman–Crippen MR) is 243 cm³/mol. The van der Waals surface area contributed by atoms with Gasteiger partial charge < -0.3 is 0 Å². The van der Waals surface area contributed by atoms with Crippen molar-refractivity contribution in [2.24, 2.45) is 0 Å². The Balaban J connectivity index is 1.17. The van der Waals surface area contributed by atoms with E-state index >= 15 is 0 Å². The van der Waals surface area contributed by atoms with Gasteiger partial charge in [0.05, 0.1) is 0 Å². The van der Waals surface area contributed by atoms with Gasteiger partial charge >= 0.3 is 0 Å². The molecule has 268 valence electrons. The van der Waals surface area contributed by atoms with Crippen LogP contribution in [-0.2, 0) is 0 Å². The Hall–Kier alpha value is -7.75. The van der Waals surface area contributed by atoms with Crippen molar-refractivity contribution in [3.8, 4) is 56.4 Å². The van der Waals surface area contributed by atoms with Gasteiger partial charge in [-0.15, -0.1) is 0 Å². The first-order valence-corrected chi connectivity index (χ1v) is 19.8. The van der Waals surface area contributed by atoms with E-state index in [1.54, 1.807) is 0 Å². The van der Waals surface area contributed by atoms with Gasteiger partial charge in [0.25, 0.3) is 0 Å². The van der Waals surface area contributed by atoms with Crippen LogP contribution in [0.5, 0.6) is 0 Å². The molecule has 0 aliphatic carbocycles. The van der Waals surface area contributed by atoms with Crippen LogP contribution in [0.4, 0.5) is 0 Å². The standard InChI is InChI=1S/C55H33N3/c1-3-12-34(13-4-1)35-24-29-40(30-25-35)53-56-54(58-55(57-53)47-20-8-7-19-43(47)36-14-5-2-6-15-36)42-32-41-31-28-39-17-10-22-45-44-21-9-16-37-26-27-38-18-11-23-46(51(38)49(37)44)48(33-42)52(41)50(39)45/h1-33H. The summed E-state index contributed by atoms with van der Waals surface area (Å²) in [5.74, 6) is 1.90. The normalized spacial score (nSPS) is 11.8. The molecular formula is C55H33N3. The number of hydrogen-bond acceptors (Lipinski definition) is 3. The minimum absolute atomic E-state index is 0.631. The molecule has 0 spiro atoms. The number of fused-ring (bicyclic) bond motifs is 2.